The van der Waals surface area contributed by atoms with Crippen LogP contribution in [0, 0.1) is 0 Å². The number of hydrogen-bond acceptors (Lipinski definition) is 1. The monoisotopic (exact) mass is 242 g/mol. The molecule has 18 heavy (non-hydrogen) atoms. The number of aliphatic hydroxyl groups is 1. The third-order valence-corrected chi connectivity index (χ3v) is 3.44. The van der Waals surface area contributed by atoms with Crippen LogP contribution in [0.15, 0.2) is 42.5 Å². The highest BCUT2D eigenvalue weighted by Gasteiger charge is 1.97. The van der Waals surface area contributed by atoms with Gasteiger partial charge in [-0.15, -0.1) is 0 Å². The predicted molar refractivity (Wildman–Crippen MR) is 77.8 cm³/mol. The normalized spacial score (nSPS) is 10.9. The van der Waals surface area contributed by atoms with Crippen LogP contribution in [0.4, 0.5) is 0 Å². The Bertz CT molecular complexity index is 476. The molecule has 0 aliphatic heterocycles. The number of aliphatic hydroxyl groups excluding tert-OH is 1. The first-order valence-corrected chi connectivity index (χ1v) is 6.99. The molecule has 0 radical (unpaired) electrons. The molecule has 0 aliphatic carbocycles. The van der Waals surface area contributed by atoms with Gasteiger partial charge in [-0.25, -0.2) is 0 Å². The van der Waals surface area contributed by atoms with Crippen molar-refractivity contribution in [3.05, 3.63) is 48.0 Å². The molecule has 0 bridgehead atoms. The van der Waals surface area contributed by atoms with Gasteiger partial charge in [0.2, 0.25) is 0 Å². The first kappa shape index (κ1) is 13.1. The highest BCUT2D eigenvalue weighted by Crippen LogP contribution is 2.17. The molecule has 1 heteroatoms. The van der Waals surface area contributed by atoms with E-state index in [1.165, 1.54) is 42.0 Å². The SMILES string of the molecule is OCCCCCCCc1ccc2ccccc2c1. The first-order chi connectivity index (χ1) is 8.90. The Morgan fingerprint density at radius 2 is 1.44 bits per heavy atom. The van der Waals surface area contributed by atoms with Crippen molar-refractivity contribution in [2.45, 2.75) is 38.5 Å². The van der Waals surface area contributed by atoms with Crippen molar-refractivity contribution < 1.29 is 5.11 Å². The second kappa shape index (κ2) is 7.17. The smallest absolute Gasteiger partial charge is 0.0431 e. The molecule has 0 saturated carbocycles. The Morgan fingerprint density at radius 3 is 2.28 bits per heavy atom. The standard InChI is InChI=1S/C17H22O/c18-13-7-3-1-2-4-8-15-11-12-16-9-5-6-10-17(16)14-15/h5-6,9-12,14,18H,1-4,7-8,13H2. The number of fused-ring (bicyclic) bond motifs is 1. The lowest BCUT2D eigenvalue weighted by atomic mass is 10.0. The summed E-state index contributed by atoms with van der Waals surface area (Å²) < 4.78 is 0. The van der Waals surface area contributed by atoms with Crippen molar-refractivity contribution in [2.24, 2.45) is 0 Å². The van der Waals surface area contributed by atoms with E-state index in [0.717, 1.165) is 12.8 Å². The van der Waals surface area contributed by atoms with Crippen LogP contribution in [0.3, 0.4) is 0 Å². The van der Waals surface area contributed by atoms with Gasteiger partial charge in [0.1, 0.15) is 0 Å². The average molecular weight is 242 g/mol. The molecule has 0 atom stereocenters. The molecule has 1 nitrogen and oxygen atoms in total. The Kier molecular flexibility index (Phi) is 5.22. The van der Waals surface area contributed by atoms with E-state index < -0.39 is 0 Å². The van der Waals surface area contributed by atoms with Gasteiger partial charge >= 0.3 is 0 Å². The maximum Gasteiger partial charge on any atom is 0.0431 e. The maximum absolute atomic E-state index is 8.70. The summed E-state index contributed by atoms with van der Waals surface area (Å²) in [4.78, 5) is 0. The Hall–Kier alpha value is -1.34. The number of hydrogen-bond donors (Lipinski definition) is 1. The highest BCUT2D eigenvalue weighted by molar-refractivity contribution is 5.82. The van der Waals surface area contributed by atoms with Gasteiger partial charge < -0.3 is 5.11 Å². The van der Waals surface area contributed by atoms with Gasteiger partial charge in [0.25, 0.3) is 0 Å². The van der Waals surface area contributed by atoms with E-state index in [4.69, 9.17) is 5.11 Å². The number of unbranched alkanes of at least 4 members (excludes halogenated alkanes) is 4. The summed E-state index contributed by atoms with van der Waals surface area (Å²) in [7, 11) is 0. The second-order valence-electron chi connectivity index (χ2n) is 4.92. The van der Waals surface area contributed by atoms with E-state index in [1.54, 1.807) is 0 Å². The fourth-order valence-electron chi connectivity index (χ4n) is 2.37. The third-order valence-electron chi connectivity index (χ3n) is 3.44. The molecular weight excluding hydrogens is 220 g/mol. The van der Waals surface area contributed by atoms with Gasteiger partial charge in [-0.2, -0.15) is 0 Å². The van der Waals surface area contributed by atoms with E-state index in [9.17, 15) is 0 Å². The molecule has 2 rings (SSSR count). The molecule has 0 heterocycles. The maximum atomic E-state index is 8.70. The summed E-state index contributed by atoms with van der Waals surface area (Å²) in [6, 6.07) is 15.3. The zero-order chi connectivity index (χ0) is 12.6. The fourth-order valence-corrected chi connectivity index (χ4v) is 2.37. The van der Waals surface area contributed by atoms with Crippen molar-refractivity contribution in [3.8, 4) is 0 Å². The molecular formula is C17H22O. The summed E-state index contributed by atoms with van der Waals surface area (Å²) in [6.45, 7) is 0.338. The van der Waals surface area contributed by atoms with Gasteiger partial charge in [0.15, 0.2) is 0 Å². The van der Waals surface area contributed by atoms with Crippen molar-refractivity contribution in [3.63, 3.8) is 0 Å². The van der Waals surface area contributed by atoms with E-state index >= 15 is 0 Å². The van der Waals surface area contributed by atoms with Crippen LogP contribution < -0.4 is 0 Å². The molecule has 0 fully saturated rings. The summed E-state index contributed by atoms with van der Waals surface area (Å²) >= 11 is 0. The third kappa shape index (κ3) is 3.85. The zero-order valence-corrected chi connectivity index (χ0v) is 10.9. The zero-order valence-electron chi connectivity index (χ0n) is 10.9. The van der Waals surface area contributed by atoms with Gasteiger partial charge in [0.05, 0.1) is 0 Å². The average Bonchev–Trinajstić information content (AvgIpc) is 2.42. The summed E-state index contributed by atoms with van der Waals surface area (Å²) in [5.74, 6) is 0. The lowest BCUT2D eigenvalue weighted by Gasteiger charge is -2.04. The molecule has 96 valence electrons. The van der Waals surface area contributed by atoms with Gasteiger partial charge in [-0.3, -0.25) is 0 Å². The van der Waals surface area contributed by atoms with Crippen molar-refractivity contribution in [1.29, 1.82) is 0 Å². The molecule has 1 N–H and O–H groups in total. The van der Waals surface area contributed by atoms with Gasteiger partial charge in [0, 0.05) is 6.61 Å². The van der Waals surface area contributed by atoms with E-state index in [-0.39, 0.29) is 0 Å². The molecule has 0 amide bonds. The first-order valence-electron chi connectivity index (χ1n) is 6.99. The molecule has 2 aromatic rings. The summed E-state index contributed by atoms with van der Waals surface area (Å²) in [5.41, 5.74) is 1.44. The van der Waals surface area contributed by atoms with E-state index in [1.807, 2.05) is 0 Å². The van der Waals surface area contributed by atoms with Crippen LogP contribution in [-0.4, -0.2) is 11.7 Å². The Labute approximate surface area is 109 Å². The van der Waals surface area contributed by atoms with Crippen LogP contribution in [0.5, 0.6) is 0 Å². The van der Waals surface area contributed by atoms with Crippen LogP contribution in [0.25, 0.3) is 10.8 Å². The molecule has 0 aliphatic rings. The fraction of sp³-hybridized carbons (Fsp3) is 0.412. The number of rotatable bonds is 7. The summed E-state index contributed by atoms with van der Waals surface area (Å²) in [6.07, 6.45) is 7.05. The molecule has 0 spiro atoms. The van der Waals surface area contributed by atoms with Crippen molar-refractivity contribution in [1.82, 2.24) is 0 Å². The van der Waals surface area contributed by atoms with Crippen molar-refractivity contribution >= 4 is 10.8 Å². The highest BCUT2D eigenvalue weighted by atomic mass is 16.2. The van der Waals surface area contributed by atoms with Crippen LogP contribution in [-0.2, 0) is 6.42 Å². The Balaban J connectivity index is 1.81. The lowest BCUT2D eigenvalue weighted by molar-refractivity contribution is 0.282. The second-order valence-corrected chi connectivity index (χ2v) is 4.92. The quantitative estimate of drug-likeness (QED) is 0.717. The summed E-state index contributed by atoms with van der Waals surface area (Å²) in [5, 5.41) is 11.4. The minimum atomic E-state index is 0.338. The minimum Gasteiger partial charge on any atom is -0.396 e. The largest absolute Gasteiger partial charge is 0.396 e. The van der Waals surface area contributed by atoms with Crippen LogP contribution >= 0.6 is 0 Å². The number of aryl methyl sites for hydroxylation is 1. The Morgan fingerprint density at radius 1 is 0.722 bits per heavy atom. The molecule has 0 unspecified atom stereocenters. The molecule has 0 aromatic heterocycles. The van der Waals surface area contributed by atoms with Gasteiger partial charge in [-0.1, -0.05) is 61.7 Å². The lowest BCUT2D eigenvalue weighted by Crippen LogP contribution is -1.88. The van der Waals surface area contributed by atoms with Crippen LogP contribution in [0.2, 0.25) is 0 Å². The van der Waals surface area contributed by atoms with Crippen molar-refractivity contribution in [2.75, 3.05) is 6.61 Å². The van der Waals surface area contributed by atoms with E-state index in [0.29, 0.717) is 6.61 Å². The molecule has 2 aromatic carbocycles. The topological polar surface area (TPSA) is 20.2 Å². The molecule has 0 saturated heterocycles. The predicted octanol–water partition coefficient (Wildman–Crippen LogP) is 4.33. The van der Waals surface area contributed by atoms with Crippen LogP contribution in [0.1, 0.15) is 37.7 Å². The minimum absolute atomic E-state index is 0.338. The van der Waals surface area contributed by atoms with E-state index in [2.05, 4.69) is 42.5 Å². The van der Waals surface area contributed by atoms with Gasteiger partial charge in [-0.05, 0) is 35.6 Å². The number of benzene rings is 2.